The maximum Gasteiger partial charge on any atom is 0.266 e. The van der Waals surface area contributed by atoms with E-state index in [0.717, 1.165) is 6.42 Å². The fourth-order valence-corrected chi connectivity index (χ4v) is 4.08. The smallest absolute Gasteiger partial charge is 0.266 e. The monoisotopic (exact) mass is 483 g/mol. The highest BCUT2D eigenvalue weighted by Gasteiger charge is 2.33. The van der Waals surface area contributed by atoms with Gasteiger partial charge in [0.2, 0.25) is 11.9 Å². The van der Waals surface area contributed by atoms with Gasteiger partial charge in [0, 0.05) is 31.5 Å². The molecule has 1 aliphatic rings. The molecule has 0 radical (unpaired) electrons. The maximum atomic E-state index is 12.9. The Morgan fingerprint density at radius 3 is 3.00 bits per heavy atom. The fourth-order valence-electron chi connectivity index (χ4n) is 3.92. The highest BCUT2D eigenvalue weighted by Crippen LogP contribution is 2.27. The van der Waals surface area contributed by atoms with Gasteiger partial charge >= 0.3 is 0 Å². The van der Waals surface area contributed by atoms with E-state index in [9.17, 15) is 9.59 Å². The third-order valence-corrected chi connectivity index (χ3v) is 5.72. The summed E-state index contributed by atoms with van der Waals surface area (Å²) in [5.41, 5.74) is 6.18. The van der Waals surface area contributed by atoms with E-state index in [4.69, 9.17) is 17.3 Å². The highest BCUT2D eigenvalue weighted by molar-refractivity contribution is 6.30. The van der Waals surface area contributed by atoms with Crippen molar-refractivity contribution in [3.8, 4) is 0 Å². The molecule has 4 aromatic heterocycles. The second kappa shape index (κ2) is 9.02. The number of nitrogens with two attached hydrogens (primary N) is 1. The predicted octanol–water partition coefficient (Wildman–Crippen LogP) is 0.930. The molecule has 1 atom stereocenters. The minimum Gasteiger partial charge on any atom is -0.364 e. The van der Waals surface area contributed by atoms with Crippen molar-refractivity contribution in [2.24, 2.45) is 5.73 Å². The van der Waals surface area contributed by atoms with E-state index >= 15 is 0 Å². The normalized spacial score (nSPS) is 15.7. The molecule has 0 aromatic carbocycles. The van der Waals surface area contributed by atoms with Crippen LogP contribution in [-0.2, 0) is 11.3 Å². The molecule has 1 saturated heterocycles. The molecule has 5 rings (SSSR count). The van der Waals surface area contributed by atoms with E-state index < -0.39 is 11.9 Å². The molecular formula is C20H22ClN11O2. The van der Waals surface area contributed by atoms with Gasteiger partial charge in [-0.3, -0.25) is 19.4 Å². The van der Waals surface area contributed by atoms with E-state index in [1.54, 1.807) is 27.8 Å². The van der Waals surface area contributed by atoms with Crippen LogP contribution in [0.25, 0.3) is 5.52 Å². The van der Waals surface area contributed by atoms with Crippen LogP contribution in [0.5, 0.6) is 0 Å². The Morgan fingerprint density at radius 1 is 1.35 bits per heavy atom. The molecular weight excluding hydrogens is 462 g/mol. The molecule has 5 N–H and O–H groups in total. The number of aromatic amines is 1. The van der Waals surface area contributed by atoms with Gasteiger partial charge in [0.15, 0.2) is 11.6 Å². The van der Waals surface area contributed by atoms with Gasteiger partial charge in [-0.15, -0.1) is 5.10 Å². The Kier molecular flexibility index (Phi) is 5.76. The van der Waals surface area contributed by atoms with Crippen molar-refractivity contribution in [2.45, 2.75) is 25.4 Å². The Labute approximate surface area is 198 Å². The van der Waals surface area contributed by atoms with Crippen LogP contribution in [0.2, 0.25) is 5.02 Å². The molecule has 2 amide bonds. The van der Waals surface area contributed by atoms with E-state index in [1.807, 2.05) is 17.0 Å². The number of halogens is 1. The lowest BCUT2D eigenvalue weighted by molar-refractivity contribution is -0.122. The summed E-state index contributed by atoms with van der Waals surface area (Å²) in [6.07, 6.45) is 6.59. The van der Waals surface area contributed by atoms with Crippen LogP contribution in [-0.4, -0.2) is 65.5 Å². The van der Waals surface area contributed by atoms with Crippen LogP contribution in [0.4, 0.5) is 17.6 Å². The van der Waals surface area contributed by atoms with Gasteiger partial charge in [-0.05, 0) is 25.0 Å². The Bertz CT molecular complexity index is 1340. The largest absolute Gasteiger partial charge is 0.364 e. The SMILES string of the molecule is NC(=O)c1cc(Nc2nc(N3CCC[C@H]3C(=O)NCCn3cc(Cl)cn3)nn3cccc23)n[nH]1. The molecule has 176 valence electrons. The minimum absolute atomic E-state index is 0.0973. The van der Waals surface area contributed by atoms with E-state index in [-0.39, 0.29) is 11.6 Å². The second-order valence-electron chi connectivity index (χ2n) is 7.82. The number of primary amides is 1. The van der Waals surface area contributed by atoms with Crippen molar-refractivity contribution in [3.05, 3.63) is 47.5 Å². The quantitative estimate of drug-likeness (QED) is 0.287. The number of hydrogen-bond donors (Lipinski definition) is 4. The maximum absolute atomic E-state index is 12.9. The van der Waals surface area contributed by atoms with Crippen LogP contribution in [0.1, 0.15) is 23.3 Å². The van der Waals surface area contributed by atoms with E-state index in [2.05, 4.69) is 36.0 Å². The number of carbonyl (C=O) groups excluding carboxylic acids is 2. The summed E-state index contributed by atoms with van der Waals surface area (Å²) in [4.78, 5) is 30.9. The van der Waals surface area contributed by atoms with Gasteiger partial charge in [0.1, 0.15) is 17.3 Å². The number of nitrogens with one attached hydrogen (secondary N) is 3. The van der Waals surface area contributed by atoms with Crippen molar-refractivity contribution in [2.75, 3.05) is 23.3 Å². The molecule has 0 bridgehead atoms. The van der Waals surface area contributed by atoms with Gasteiger partial charge in [-0.25, -0.2) is 4.52 Å². The molecule has 0 aliphatic carbocycles. The fraction of sp³-hybridized carbons (Fsp3) is 0.300. The summed E-state index contributed by atoms with van der Waals surface area (Å²) in [6.45, 7) is 1.59. The number of H-pyrrole nitrogens is 1. The molecule has 5 heterocycles. The zero-order chi connectivity index (χ0) is 23.7. The second-order valence-corrected chi connectivity index (χ2v) is 8.26. The summed E-state index contributed by atoms with van der Waals surface area (Å²) in [5.74, 6) is 0.571. The van der Waals surface area contributed by atoms with Gasteiger partial charge in [0.25, 0.3) is 5.91 Å². The van der Waals surface area contributed by atoms with Crippen LogP contribution in [0.15, 0.2) is 36.8 Å². The average molecular weight is 484 g/mol. The summed E-state index contributed by atoms with van der Waals surface area (Å²) in [5, 5.41) is 22.0. The van der Waals surface area contributed by atoms with Gasteiger partial charge in [-0.2, -0.15) is 15.2 Å². The van der Waals surface area contributed by atoms with Crippen molar-refractivity contribution in [1.29, 1.82) is 0 Å². The van der Waals surface area contributed by atoms with Gasteiger partial charge in [0.05, 0.1) is 17.8 Å². The lowest BCUT2D eigenvalue weighted by Gasteiger charge is -2.24. The summed E-state index contributed by atoms with van der Waals surface area (Å²) in [6, 6.07) is 4.80. The van der Waals surface area contributed by atoms with Crippen molar-refractivity contribution >= 4 is 46.5 Å². The molecule has 13 nitrogen and oxygen atoms in total. The first-order valence-corrected chi connectivity index (χ1v) is 11.1. The molecule has 14 heteroatoms. The van der Waals surface area contributed by atoms with Crippen molar-refractivity contribution in [1.82, 2.24) is 39.9 Å². The third-order valence-electron chi connectivity index (χ3n) is 5.52. The number of fused-ring (bicyclic) bond motifs is 1. The van der Waals surface area contributed by atoms with E-state index in [1.165, 1.54) is 6.07 Å². The number of rotatable bonds is 8. The topological polar surface area (TPSA) is 164 Å². The summed E-state index contributed by atoms with van der Waals surface area (Å²) < 4.78 is 3.36. The van der Waals surface area contributed by atoms with Crippen LogP contribution < -0.4 is 21.3 Å². The Hall–Kier alpha value is -4.13. The molecule has 1 aliphatic heterocycles. The Morgan fingerprint density at radius 2 is 2.24 bits per heavy atom. The highest BCUT2D eigenvalue weighted by atomic mass is 35.5. The van der Waals surface area contributed by atoms with Crippen molar-refractivity contribution < 1.29 is 9.59 Å². The number of amides is 2. The van der Waals surface area contributed by atoms with Gasteiger partial charge in [-0.1, -0.05) is 11.6 Å². The first kappa shape index (κ1) is 21.7. The third kappa shape index (κ3) is 4.37. The summed E-state index contributed by atoms with van der Waals surface area (Å²) in [7, 11) is 0. The molecule has 34 heavy (non-hydrogen) atoms. The van der Waals surface area contributed by atoms with Crippen LogP contribution >= 0.6 is 11.6 Å². The lowest BCUT2D eigenvalue weighted by atomic mass is 10.2. The zero-order valence-corrected chi connectivity index (χ0v) is 18.7. The average Bonchev–Trinajstić information content (AvgIpc) is 3.60. The zero-order valence-electron chi connectivity index (χ0n) is 18.0. The number of nitrogens with zero attached hydrogens (tertiary/aromatic N) is 7. The minimum atomic E-state index is -0.613. The Balaban J connectivity index is 1.33. The number of aromatic nitrogens is 7. The molecule has 1 fully saturated rings. The van der Waals surface area contributed by atoms with Crippen molar-refractivity contribution in [3.63, 3.8) is 0 Å². The first-order chi connectivity index (χ1) is 16.5. The predicted molar refractivity (Wildman–Crippen MR) is 124 cm³/mol. The van der Waals surface area contributed by atoms with E-state index in [0.29, 0.717) is 54.2 Å². The molecule has 0 saturated carbocycles. The summed E-state index contributed by atoms with van der Waals surface area (Å²) >= 11 is 5.88. The van der Waals surface area contributed by atoms with Gasteiger partial charge < -0.3 is 21.3 Å². The van der Waals surface area contributed by atoms with Crippen LogP contribution in [0, 0.1) is 0 Å². The number of carbonyl (C=O) groups is 2. The number of hydrogen-bond acceptors (Lipinski definition) is 8. The molecule has 0 spiro atoms. The molecule has 4 aromatic rings. The van der Waals surface area contributed by atoms with Crippen LogP contribution in [0.3, 0.4) is 0 Å². The standard InChI is InChI=1S/C20H22ClN11O2/c21-12-10-24-30(11-12)8-5-23-19(34)15-4-1-6-31(15)20-26-18(14-3-2-7-32(14)29-20)25-16-9-13(17(22)33)27-28-16/h2-3,7,9-11,15H,1,4-6,8H2,(H2,22,33)(H,23,34)(H2,25,26,27,28,29)/t15-/m0/s1. The lowest BCUT2D eigenvalue weighted by Crippen LogP contribution is -2.45. The molecule has 0 unspecified atom stereocenters. The number of anilines is 3. The first-order valence-electron chi connectivity index (χ1n) is 10.7.